The monoisotopic (exact) mass is 434 g/mol. The quantitative estimate of drug-likeness (QED) is 0.416. The molecule has 0 radical (unpaired) electrons. The summed E-state index contributed by atoms with van der Waals surface area (Å²) >= 11 is 0. The number of aliphatic imine (C=N–C) groups is 1. The van der Waals surface area contributed by atoms with Gasteiger partial charge < -0.3 is 10.1 Å². The zero-order valence-corrected chi connectivity index (χ0v) is 17.3. The Morgan fingerprint density at radius 3 is 2.66 bits per heavy atom. The van der Waals surface area contributed by atoms with Crippen molar-refractivity contribution in [2.24, 2.45) is 10.9 Å². The Labute approximate surface area is 183 Å². The normalized spacial score (nSPS) is 17.9. The van der Waals surface area contributed by atoms with Gasteiger partial charge in [0, 0.05) is 16.8 Å². The molecule has 1 atom stereocenters. The van der Waals surface area contributed by atoms with E-state index < -0.39 is 11.7 Å². The highest BCUT2D eigenvalue weighted by Crippen LogP contribution is 2.40. The molecular formula is C26H21F3N2O. The minimum atomic E-state index is -4.48. The van der Waals surface area contributed by atoms with E-state index in [4.69, 9.17) is 4.99 Å². The number of nitrogens with one attached hydrogen (secondary N) is 1. The van der Waals surface area contributed by atoms with Crippen LogP contribution >= 0.6 is 0 Å². The van der Waals surface area contributed by atoms with E-state index in [9.17, 15) is 18.3 Å². The number of alkyl halides is 3. The molecule has 3 nitrogen and oxygen atoms in total. The predicted octanol–water partition coefficient (Wildman–Crippen LogP) is 7.29. The molecule has 0 fully saturated rings. The van der Waals surface area contributed by atoms with Gasteiger partial charge in [-0.25, -0.2) is 0 Å². The molecule has 0 spiro atoms. The van der Waals surface area contributed by atoms with Crippen molar-refractivity contribution in [3.63, 3.8) is 0 Å². The summed E-state index contributed by atoms with van der Waals surface area (Å²) < 4.78 is 40.7. The van der Waals surface area contributed by atoms with Crippen molar-refractivity contribution < 1.29 is 18.3 Å². The number of nitrogens with zero attached hydrogens (tertiary/aromatic N) is 1. The molecular weight excluding hydrogens is 413 g/mol. The van der Waals surface area contributed by atoms with Gasteiger partial charge in [0.15, 0.2) is 5.88 Å². The summed E-state index contributed by atoms with van der Waals surface area (Å²) in [4.78, 5) is 7.63. The van der Waals surface area contributed by atoms with Crippen LogP contribution in [0.4, 0.5) is 13.2 Å². The van der Waals surface area contributed by atoms with Crippen molar-refractivity contribution >= 4 is 22.3 Å². The number of aromatic nitrogens is 1. The first-order valence-corrected chi connectivity index (χ1v) is 10.1. The zero-order valence-electron chi connectivity index (χ0n) is 17.3. The lowest BCUT2D eigenvalue weighted by atomic mass is 9.96. The Bertz CT molecular complexity index is 1310. The van der Waals surface area contributed by atoms with Crippen LogP contribution in [-0.2, 0) is 6.18 Å². The van der Waals surface area contributed by atoms with E-state index in [0.29, 0.717) is 27.7 Å². The lowest BCUT2D eigenvalue weighted by Crippen LogP contribution is -2.09. The number of benzene rings is 2. The number of rotatable bonds is 4. The van der Waals surface area contributed by atoms with Gasteiger partial charge >= 0.3 is 6.18 Å². The summed E-state index contributed by atoms with van der Waals surface area (Å²) in [7, 11) is 0. The maximum atomic E-state index is 13.6. The number of hydrogen-bond acceptors (Lipinski definition) is 2. The average molecular weight is 434 g/mol. The molecule has 1 aliphatic rings. The molecule has 4 rings (SSSR count). The molecule has 3 aromatic rings. The molecule has 2 aromatic carbocycles. The van der Waals surface area contributed by atoms with Gasteiger partial charge in [-0.1, -0.05) is 54.6 Å². The molecule has 1 heterocycles. The van der Waals surface area contributed by atoms with Gasteiger partial charge in [0.1, 0.15) is 0 Å². The topological polar surface area (TPSA) is 48.4 Å². The number of halogens is 3. The molecule has 1 aromatic heterocycles. The number of fused-ring (bicyclic) bond motifs is 1. The predicted molar refractivity (Wildman–Crippen MR) is 123 cm³/mol. The molecule has 0 amide bonds. The van der Waals surface area contributed by atoms with Crippen LogP contribution < -0.4 is 0 Å². The molecule has 1 unspecified atom stereocenters. The van der Waals surface area contributed by atoms with Gasteiger partial charge in [0.05, 0.1) is 22.5 Å². The average Bonchev–Trinajstić information content (AvgIpc) is 3.12. The van der Waals surface area contributed by atoms with Crippen LogP contribution in [0.25, 0.3) is 27.7 Å². The Balaban J connectivity index is 1.88. The molecule has 0 saturated heterocycles. The highest BCUT2D eigenvalue weighted by atomic mass is 19.4. The highest BCUT2D eigenvalue weighted by Gasteiger charge is 2.33. The van der Waals surface area contributed by atoms with Crippen molar-refractivity contribution in [2.75, 3.05) is 0 Å². The number of H-pyrrole nitrogens is 1. The summed E-state index contributed by atoms with van der Waals surface area (Å²) in [5, 5.41) is 11.2. The molecule has 162 valence electrons. The van der Waals surface area contributed by atoms with Gasteiger partial charge in [-0.3, -0.25) is 4.99 Å². The van der Waals surface area contributed by atoms with Crippen LogP contribution in [0.3, 0.4) is 0 Å². The van der Waals surface area contributed by atoms with Crippen LogP contribution in [0, 0.1) is 5.92 Å². The van der Waals surface area contributed by atoms with Crippen LogP contribution in [-0.4, -0.2) is 15.8 Å². The van der Waals surface area contributed by atoms with Crippen molar-refractivity contribution in [1.29, 1.82) is 0 Å². The first kappa shape index (κ1) is 21.4. The summed E-state index contributed by atoms with van der Waals surface area (Å²) in [6.45, 7) is 5.64. The molecule has 0 bridgehead atoms. The largest absolute Gasteiger partial charge is 0.494 e. The smallest absolute Gasteiger partial charge is 0.417 e. The van der Waals surface area contributed by atoms with Crippen LogP contribution in [0.2, 0.25) is 0 Å². The third-order valence-corrected chi connectivity index (χ3v) is 5.39. The SMILES string of the molecule is C=CC1C=CC=CC1=N/C(=C\C)c1c(O)[nH]c2ccc(-c3ccccc3C(F)(F)F)cc12. The van der Waals surface area contributed by atoms with Crippen LogP contribution in [0.1, 0.15) is 18.1 Å². The number of allylic oxidation sites excluding steroid dienone is 6. The standard InChI is InChI=1S/C26H21F3N2O/c1-3-16-9-5-8-12-22(16)30-21(4-2)24-19-15-17(13-14-23(19)31-25(24)32)18-10-6-7-11-20(18)26(27,28)29/h3-16,31-32H,1H2,2H3/b21-4-,30-22?. The van der Waals surface area contributed by atoms with E-state index in [-0.39, 0.29) is 17.4 Å². The van der Waals surface area contributed by atoms with E-state index >= 15 is 0 Å². The first-order chi connectivity index (χ1) is 15.3. The first-order valence-electron chi connectivity index (χ1n) is 10.1. The minimum Gasteiger partial charge on any atom is -0.494 e. The van der Waals surface area contributed by atoms with Crippen molar-refractivity contribution in [2.45, 2.75) is 13.1 Å². The molecule has 1 aliphatic carbocycles. The van der Waals surface area contributed by atoms with Gasteiger partial charge in [-0.05, 0) is 42.3 Å². The lowest BCUT2D eigenvalue weighted by molar-refractivity contribution is -0.137. The van der Waals surface area contributed by atoms with E-state index in [1.807, 2.05) is 24.3 Å². The van der Waals surface area contributed by atoms with E-state index in [0.717, 1.165) is 11.8 Å². The molecule has 0 aliphatic heterocycles. The van der Waals surface area contributed by atoms with E-state index in [1.165, 1.54) is 12.1 Å². The Hall–Kier alpha value is -3.80. The zero-order chi connectivity index (χ0) is 22.9. The summed E-state index contributed by atoms with van der Waals surface area (Å²) in [6.07, 6.45) is 6.66. The second-order valence-corrected chi connectivity index (χ2v) is 7.37. The highest BCUT2D eigenvalue weighted by molar-refractivity contribution is 6.06. The minimum absolute atomic E-state index is 0.0727. The van der Waals surface area contributed by atoms with Crippen LogP contribution in [0.15, 0.2) is 90.5 Å². The van der Waals surface area contributed by atoms with Crippen molar-refractivity contribution in [3.8, 4) is 17.0 Å². The van der Waals surface area contributed by atoms with Crippen molar-refractivity contribution in [3.05, 3.63) is 96.6 Å². The van der Waals surface area contributed by atoms with Crippen molar-refractivity contribution in [1.82, 2.24) is 4.98 Å². The Kier molecular flexibility index (Phi) is 5.61. The maximum absolute atomic E-state index is 13.6. The van der Waals surface area contributed by atoms with E-state index in [2.05, 4.69) is 11.6 Å². The Morgan fingerprint density at radius 2 is 1.94 bits per heavy atom. The molecule has 2 N–H and O–H groups in total. The number of aromatic amines is 1. The molecule has 6 heteroatoms. The molecule has 32 heavy (non-hydrogen) atoms. The van der Waals surface area contributed by atoms with Crippen LogP contribution in [0.5, 0.6) is 5.88 Å². The van der Waals surface area contributed by atoms with Gasteiger partial charge in [0.2, 0.25) is 0 Å². The third-order valence-electron chi connectivity index (χ3n) is 5.39. The molecule has 0 saturated carbocycles. The summed E-state index contributed by atoms with van der Waals surface area (Å²) in [6, 6.07) is 10.4. The summed E-state index contributed by atoms with van der Waals surface area (Å²) in [5.41, 5.74) is 2.07. The third kappa shape index (κ3) is 3.91. The fourth-order valence-corrected chi connectivity index (χ4v) is 3.85. The number of aromatic hydroxyl groups is 1. The second-order valence-electron chi connectivity index (χ2n) is 7.37. The second kappa shape index (κ2) is 8.38. The Morgan fingerprint density at radius 1 is 1.16 bits per heavy atom. The maximum Gasteiger partial charge on any atom is 0.417 e. The fourth-order valence-electron chi connectivity index (χ4n) is 3.85. The van der Waals surface area contributed by atoms with E-state index in [1.54, 1.807) is 43.3 Å². The number of hydrogen-bond donors (Lipinski definition) is 2. The van der Waals surface area contributed by atoms with Gasteiger partial charge in [0.25, 0.3) is 0 Å². The summed E-state index contributed by atoms with van der Waals surface area (Å²) in [5.74, 6) is -0.166. The van der Waals surface area contributed by atoms with Gasteiger partial charge in [-0.2, -0.15) is 13.2 Å². The lowest BCUT2D eigenvalue weighted by Gasteiger charge is -2.14. The van der Waals surface area contributed by atoms with Gasteiger partial charge in [-0.15, -0.1) is 6.58 Å². The fraction of sp³-hybridized carbons (Fsp3) is 0.115.